The van der Waals surface area contributed by atoms with Crippen molar-refractivity contribution in [1.29, 1.82) is 0 Å². The average molecular weight is 513 g/mol. The van der Waals surface area contributed by atoms with Crippen molar-refractivity contribution in [3.8, 4) is 5.75 Å². The van der Waals surface area contributed by atoms with Crippen LogP contribution in [0.1, 0.15) is 11.3 Å². The minimum Gasteiger partial charge on any atom is -0.501 e. The van der Waals surface area contributed by atoms with Crippen LogP contribution in [0.2, 0.25) is 0 Å². The maximum Gasteiger partial charge on any atom is 0.261 e. The minimum atomic E-state index is -4.29. The molecule has 0 aliphatic carbocycles. The molecule has 1 aromatic heterocycles. The first kappa shape index (κ1) is 23.4. The number of ether oxygens (including phenoxy) is 2. The monoisotopic (exact) mass is 513 g/mol. The van der Waals surface area contributed by atoms with Crippen molar-refractivity contribution in [2.24, 2.45) is 0 Å². The fourth-order valence-corrected chi connectivity index (χ4v) is 4.67. The molecule has 3 aromatic carbocycles. The number of halogens is 2. The third-order valence-corrected chi connectivity index (χ3v) is 6.75. The highest BCUT2D eigenvalue weighted by Crippen LogP contribution is 2.33. The Balaban J connectivity index is 1.40. The fourth-order valence-electron chi connectivity index (χ4n) is 3.61. The molecule has 11 heteroatoms. The quantitative estimate of drug-likeness (QED) is 0.390. The van der Waals surface area contributed by atoms with Gasteiger partial charge in [-0.1, -0.05) is 30.3 Å². The fraction of sp³-hybridized carbons (Fsp3) is 0.0800. The molecular formula is C25H17F2NO7S. The Morgan fingerprint density at radius 3 is 2.50 bits per heavy atom. The summed E-state index contributed by atoms with van der Waals surface area (Å²) in [4.78, 5) is 12.3. The molecule has 0 bridgehead atoms. The normalized spacial score (nSPS) is 15.3. The molecule has 36 heavy (non-hydrogen) atoms. The topological polar surface area (TPSA) is 115 Å². The number of sulfonamides is 1. The van der Waals surface area contributed by atoms with Crippen LogP contribution in [0.15, 0.2) is 87.1 Å². The zero-order chi connectivity index (χ0) is 25.4. The molecule has 5 rings (SSSR count). The van der Waals surface area contributed by atoms with E-state index in [1.54, 1.807) is 0 Å². The molecule has 2 heterocycles. The minimum absolute atomic E-state index is 0.0237. The van der Waals surface area contributed by atoms with E-state index < -0.39 is 44.0 Å². The summed E-state index contributed by atoms with van der Waals surface area (Å²) in [5.74, 6) is -3.48. The molecule has 1 aliphatic rings. The molecule has 0 spiro atoms. The second-order valence-corrected chi connectivity index (χ2v) is 9.54. The summed E-state index contributed by atoms with van der Waals surface area (Å²) >= 11 is 0. The maximum absolute atomic E-state index is 13.5. The van der Waals surface area contributed by atoms with Crippen LogP contribution < -0.4 is 10.2 Å². The van der Waals surface area contributed by atoms with Crippen LogP contribution >= 0.6 is 0 Å². The van der Waals surface area contributed by atoms with E-state index >= 15 is 0 Å². The van der Waals surface area contributed by atoms with Gasteiger partial charge >= 0.3 is 0 Å². The number of rotatable bonds is 6. The van der Waals surface area contributed by atoms with E-state index in [4.69, 9.17) is 13.9 Å². The van der Waals surface area contributed by atoms with Gasteiger partial charge in [0.25, 0.3) is 10.0 Å². The summed E-state index contributed by atoms with van der Waals surface area (Å²) in [7, 11) is -4.29. The first-order valence-corrected chi connectivity index (χ1v) is 12.0. The van der Waals surface area contributed by atoms with E-state index in [2.05, 4.69) is 4.72 Å². The van der Waals surface area contributed by atoms with E-state index in [9.17, 15) is 27.1 Å². The van der Waals surface area contributed by atoms with Crippen LogP contribution in [-0.2, 0) is 25.9 Å². The predicted molar refractivity (Wildman–Crippen MR) is 125 cm³/mol. The van der Waals surface area contributed by atoms with Crippen LogP contribution in [0, 0.1) is 11.6 Å². The van der Waals surface area contributed by atoms with Gasteiger partial charge in [0.1, 0.15) is 11.8 Å². The molecule has 0 saturated carbocycles. The van der Waals surface area contributed by atoms with Crippen LogP contribution in [0.4, 0.5) is 14.5 Å². The van der Waals surface area contributed by atoms with Crippen LogP contribution in [0.3, 0.4) is 0 Å². The molecule has 0 radical (unpaired) electrons. The molecule has 184 valence electrons. The highest BCUT2D eigenvalue weighted by molar-refractivity contribution is 7.92. The molecule has 8 nitrogen and oxygen atoms in total. The summed E-state index contributed by atoms with van der Waals surface area (Å²) in [6.07, 6.45) is 0.971. The summed E-state index contributed by atoms with van der Waals surface area (Å²) in [5, 5.41) is 10.4. The van der Waals surface area contributed by atoms with Gasteiger partial charge in [-0.3, -0.25) is 9.52 Å². The van der Waals surface area contributed by atoms with Crippen molar-refractivity contribution in [2.75, 3.05) is 4.72 Å². The Morgan fingerprint density at radius 2 is 1.75 bits per heavy atom. The highest BCUT2D eigenvalue weighted by atomic mass is 32.2. The number of anilines is 1. The zero-order valence-corrected chi connectivity index (χ0v) is 19.1. The zero-order valence-electron chi connectivity index (χ0n) is 18.3. The smallest absolute Gasteiger partial charge is 0.261 e. The Labute approximate surface area is 203 Å². The SMILES string of the molecule is O=c1c(O)c(C2=COC(Cc3ccccc3)O2)oc2ccc(NS(=O)(=O)c3ccc(F)c(F)c3)cc12. The van der Waals surface area contributed by atoms with Gasteiger partial charge in [-0.2, -0.15) is 0 Å². The number of fused-ring (bicyclic) bond motifs is 1. The molecule has 0 fully saturated rings. The number of aromatic hydroxyl groups is 1. The van der Waals surface area contributed by atoms with E-state index in [0.29, 0.717) is 18.6 Å². The van der Waals surface area contributed by atoms with Crippen molar-refractivity contribution < 1.29 is 36.2 Å². The van der Waals surface area contributed by atoms with Gasteiger partial charge in [0.2, 0.25) is 29.0 Å². The third-order valence-electron chi connectivity index (χ3n) is 5.37. The molecular weight excluding hydrogens is 496 g/mol. The third kappa shape index (κ3) is 4.48. The number of hydrogen-bond acceptors (Lipinski definition) is 7. The summed E-state index contributed by atoms with van der Waals surface area (Å²) in [5.41, 5.74) is 0.102. The molecule has 2 N–H and O–H groups in total. The van der Waals surface area contributed by atoms with Crippen LogP contribution in [-0.4, -0.2) is 19.8 Å². The summed E-state index contributed by atoms with van der Waals surface area (Å²) < 4.78 is 70.8. The predicted octanol–water partition coefficient (Wildman–Crippen LogP) is 4.49. The molecule has 4 aromatic rings. The maximum atomic E-state index is 13.5. The highest BCUT2D eigenvalue weighted by Gasteiger charge is 2.27. The van der Waals surface area contributed by atoms with Crippen molar-refractivity contribution >= 4 is 32.4 Å². The standard InChI is InChI=1S/C25H17F2NO7S/c26-18-8-7-16(12-19(18)27)36(31,32)28-15-6-9-20-17(11-15)23(29)24(30)25(35-20)21-13-33-22(34-21)10-14-4-2-1-3-5-14/h1-9,11-13,22,28,30H,10H2. The Hall–Kier alpha value is -4.38. The van der Waals surface area contributed by atoms with E-state index in [1.165, 1.54) is 18.4 Å². The van der Waals surface area contributed by atoms with Crippen LogP contribution in [0.5, 0.6) is 5.75 Å². The lowest BCUT2D eigenvalue weighted by Gasteiger charge is -2.12. The van der Waals surface area contributed by atoms with Crippen molar-refractivity contribution in [2.45, 2.75) is 17.6 Å². The molecule has 1 atom stereocenters. The van der Waals surface area contributed by atoms with Gasteiger partial charge in [-0.05, 0) is 42.0 Å². The lowest BCUT2D eigenvalue weighted by atomic mass is 10.1. The Morgan fingerprint density at radius 1 is 0.972 bits per heavy atom. The molecule has 0 saturated heterocycles. The van der Waals surface area contributed by atoms with Gasteiger partial charge in [-0.15, -0.1) is 0 Å². The van der Waals surface area contributed by atoms with Crippen LogP contribution in [0.25, 0.3) is 16.7 Å². The van der Waals surface area contributed by atoms with Crippen molar-refractivity contribution in [3.05, 3.63) is 106 Å². The summed E-state index contributed by atoms with van der Waals surface area (Å²) in [6, 6.07) is 15.3. The van der Waals surface area contributed by atoms with E-state index in [0.717, 1.165) is 17.7 Å². The molecule has 1 aliphatic heterocycles. The lowest BCUT2D eigenvalue weighted by molar-refractivity contribution is -0.0145. The van der Waals surface area contributed by atoms with Gasteiger partial charge in [-0.25, -0.2) is 17.2 Å². The Kier molecular flexibility index (Phi) is 5.84. The largest absolute Gasteiger partial charge is 0.501 e. The van der Waals surface area contributed by atoms with Gasteiger partial charge in [0.05, 0.1) is 10.3 Å². The van der Waals surface area contributed by atoms with Gasteiger partial charge < -0.3 is 19.0 Å². The van der Waals surface area contributed by atoms with Gasteiger partial charge in [0.15, 0.2) is 11.6 Å². The first-order valence-electron chi connectivity index (χ1n) is 10.6. The van der Waals surface area contributed by atoms with Gasteiger partial charge in [0, 0.05) is 12.1 Å². The molecule has 1 unspecified atom stereocenters. The summed E-state index contributed by atoms with van der Waals surface area (Å²) in [6.45, 7) is 0. The number of hydrogen-bond donors (Lipinski definition) is 2. The number of benzene rings is 3. The van der Waals surface area contributed by atoms with Crippen molar-refractivity contribution in [1.82, 2.24) is 0 Å². The van der Waals surface area contributed by atoms with E-state index in [-0.39, 0.29) is 28.2 Å². The second kappa shape index (κ2) is 9.00. The van der Waals surface area contributed by atoms with E-state index in [1.807, 2.05) is 30.3 Å². The average Bonchev–Trinajstić information content (AvgIpc) is 3.32. The lowest BCUT2D eigenvalue weighted by Crippen LogP contribution is -2.14. The molecule has 0 amide bonds. The number of nitrogens with one attached hydrogen (secondary N) is 1. The first-order chi connectivity index (χ1) is 17.2. The second-order valence-electron chi connectivity index (χ2n) is 7.86. The van der Waals surface area contributed by atoms with Crippen molar-refractivity contribution in [3.63, 3.8) is 0 Å². The Bertz CT molecular complexity index is 1670.